The molecule has 0 N–H and O–H groups in total. The van der Waals surface area contributed by atoms with E-state index in [1.54, 1.807) is 0 Å². The molecule has 0 radical (unpaired) electrons. The second-order valence-corrected chi connectivity index (χ2v) is 5.74. The molecular formula is C12H24O. The van der Waals surface area contributed by atoms with E-state index in [1.807, 2.05) is 0 Å². The molecule has 1 heterocycles. The minimum Gasteiger partial charge on any atom is -0.381 e. The normalized spacial score (nSPS) is 30.9. The summed E-state index contributed by atoms with van der Waals surface area (Å²) in [6.45, 7) is 13.6. The predicted octanol–water partition coefficient (Wildman–Crippen LogP) is 3.34. The van der Waals surface area contributed by atoms with Crippen LogP contribution in [-0.4, -0.2) is 13.2 Å². The van der Waals surface area contributed by atoms with Gasteiger partial charge in [-0.05, 0) is 29.6 Å². The molecule has 1 heteroatoms. The van der Waals surface area contributed by atoms with Crippen molar-refractivity contribution in [2.75, 3.05) is 13.2 Å². The van der Waals surface area contributed by atoms with E-state index in [2.05, 4.69) is 34.6 Å². The van der Waals surface area contributed by atoms with Crippen LogP contribution in [0.2, 0.25) is 0 Å². The molecule has 0 amide bonds. The first kappa shape index (κ1) is 11.0. The van der Waals surface area contributed by atoms with Gasteiger partial charge < -0.3 is 4.74 Å². The van der Waals surface area contributed by atoms with Crippen molar-refractivity contribution in [3.05, 3.63) is 0 Å². The largest absolute Gasteiger partial charge is 0.381 e. The molecule has 0 aromatic rings. The smallest absolute Gasteiger partial charge is 0.0502 e. The number of rotatable bonds is 1. The average molecular weight is 184 g/mol. The maximum atomic E-state index is 5.59. The summed E-state index contributed by atoms with van der Waals surface area (Å²) in [5, 5.41) is 0. The predicted molar refractivity (Wildman–Crippen MR) is 56.7 cm³/mol. The minimum atomic E-state index is 0.398. The summed E-state index contributed by atoms with van der Waals surface area (Å²) in [5.74, 6) is 2.39. The van der Waals surface area contributed by atoms with Gasteiger partial charge >= 0.3 is 0 Å². The van der Waals surface area contributed by atoms with Crippen LogP contribution in [-0.2, 0) is 4.74 Å². The maximum Gasteiger partial charge on any atom is 0.0502 e. The minimum absolute atomic E-state index is 0.398. The summed E-state index contributed by atoms with van der Waals surface area (Å²) in [4.78, 5) is 0. The highest BCUT2D eigenvalue weighted by molar-refractivity contribution is 4.84. The Morgan fingerprint density at radius 1 is 1.23 bits per heavy atom. The molecule has 0 saturated carbocycles. The summed E-state index contributed by atoms with van der Waals surface area (Å²) in [5.41, 5.74) is 0.398. The number of ether oxygens (including phenoxy) is 1. The summed E-state index contributed by atoms with van der Waals surface area (Å²) in [6, 6.07) is 0. The van der Waals surface area contributed by atoms with Crippen LogP contribution in [0.1, 0.15) is 41.0 Å². The van der Waals surface area contributed by atoms with Crippen LogP contribution in [0, 0.1) is 23.2 Å². The molecule has 1 rings (SSSR count). The summed E-state index contributed by atoms with van der Waals surface area (Å²) in [7, 11) is 0. The SMILES string of the molecule is CC(C)C1CCOCC1C(C)(C)C. The Labute approximate surface area is 82.9 Å². The third kappa shape index (κ3) is 2.70. The Bertz CT molecular complexity index is 155. The van der Waals surface area contributed by atoms with Gasteiger partial charge in [0.15, 0.2) is 0 Å². The Hall–Kier alpha value is -0.0400. The average Bonchev–Trinajstić information content (AvgIpc) is 2.03. The van der Waals surface area contributed by atoms with Crippen LogP contribution in [0.4, 0.5) is 0 Å². The van der Waals surface area contributed by atoms with Crippen molar-refractivity contribution in [3.63, 3.8) is 0 Å². The maximum absolute atomic E-state index is 5.59. The molecule has 0 bridgehead atoms. The summed E-state index contributed by atoms with van der Waals surface area (Å²) >= 11 is 0. The topological polar surface area (TPSA) is 9.23 Å². The van der Waals surface area contributed by atoms with Crippen LogP contribution in [0.25, 0.3) is 0 Å². The van der Waals surface area contributed by atoms with Gasteiger partial charge in [0.25, 0.3) is 0 Å². The van der Waals surface area contributed by atoms with Gasteiger partial charge in [0, 0.05) is 6.61 Å². The van der Waals surface area contributed by atoms with Gasteiger partial charge in [0.05, 0.1) is 6.61 Å². The lowest BCUT2D eigenvalue weighted by molar-refractivity contribution is -0.0444. The number of hydrogen-bond donors (Lipinski definition) is 0. The first-order valence-corrected chi connectivity index (χ1v) is 5.50. The van der Waals surface area contributed by atoms with E-state index in [0.717, 1.165) is 31.0 Å². The van der Waals surface area contributed by atoms with Gasteiger partial charge in [0.1, 0.15) is 0 Å². The first-order valence-electron chi connectivity index (χ1n) is 5.50. The highest BCUT2D eigenvalue weighted by Crippen LogP contribution is 2.39. The van der Waals surface area contributed by atoms with Gasteiger partial charge in [-0.3, -0.25) is 0 Å². The van der Waals surface area contributed by atoms with Crippen molar-refractivity contribution >= 4 is 0 Å². The lowest BCUT2D eigenvalue weighted by atomic mass is 9.68. The summed E-state index contributed by atoms with van der Waals surface area (Å²) < 4.78 is 5.59. The van der Waals surface area contributed by atoms with Crippen LogP contribution in [0.5, 0.6) is 0 Å². The molecule has 0 aromatic carbocycles. The van der Waals surface area contributed by atoms with Gasteiger partial charge in [-0.2, -0.15) is 0 Å². The third-order valence-electron chi connectivity index (χ3n) is 3.38. The van der Waals surface area contributed by atoms with E-state index >= 15 is 0 Å². The summed E-state index contributed by atoms with van der Waals surface area (Å²) in [6.07, 6.45) is 1.25. The fraction of sp³-hybridized carbons (Fsp3) is 1.00. The molecule has 1 aliphatic rings. The molecule has 0 aromatic heterocycles. The second kappa shape index (κ2) is 4.00. The molecule has 2 atom stereocenters. The van der Waals surface area contributed by atoms with E-state index in [-0.39, 0.29) is 0 Å². The van der Waals surface area contributed by atoms with E-state index < -0.39 is 0 Å². The fourth-order valence-corrected chi connectivity index (χ4v) is 2.44. The first-order chi connectivity index (χ1) is 5.93. The molecule has 0 aliphatic carbocycles. The molecule has 2 unspecified atom stereocenters. The van der Waals surface area contributed by atoms with Gasteiger partial charge in [-0.25, -0.2) is 0 Å². The van der Waals surface area contributed by atoms with Crippen molar-refractivity contribution in [1.82, 2.24) is 0 Å². The molecule has 78 valence electrons. The van der Waals surface area contributed by atoms with E-state index in [1.165, 1.54) is 6.42 Å². The Morgan fingerprint density at radius 2 is 1.85 bits per heavy atom. The Kier molecular flexibility index (Phi) is 3.39. The lowest BCUT2D eigenvalue weighted by Gasteiger charge is -2.42. The van der Waals surface area contributed by atoms with E-state index in [0.29, 0.717) is 5.41 Å². The van der Waals surface area contributed by atoms with Crippen molar-refractivity contribution in [1.29, 1.82) is 0 Å². The van der Waals surface area contributed by atoms with Crippen molar-refractivity contribution in [3.8, 4) is 0 Å². The van der Waals surface area contributed by atoms with Crippen molar-refractivity contribution < 1.29 is 4.74 Å². The van der Waals surface area contributed by atoms with Crippen LogP contribution >= 0.6 is 0 Å². The molecular weight excluding hydrogens is 160 g/mol. The fourth-order valence-electron chi connectivity index (χ4n) is 2.44. The van der Waals surface area contributed by atoms with E-state index in [4.69, 9.17) is 4.74 Å². The highest BCUT2D eigenvalue weighted by Gasteiger charge is 2.35. The zero-order chi connectivity index (χ0) is 10.1. The van der Waals surface area contributed by atoms with Gasteiger partial charge in [0.2, 0.25) is 0 Å². The molecule has 1 aliphatic heterocycles. The quantitative estimate of drug-likeness (QED) is 0.607. The Morgan fingerprint density at radius 3 is 2.23 bits per heavy atom. The standard InChI is InChI=1S/C12H24O/c1-9(2)10-6-7-13-8-11(10)12(3,4)5/h9-11H,6-8H2,1-5H3. The van der Waals surface area contributed by atoms with Gasteiger partial charge in [-0.15, -0.1) is 0 Å². The number of hydrogen-bond acceptors (Lipinski definition) is 1. The van der Waals surface area contributed by atoms with Gasteiger partial charge in [-0.1, -0.05) is 34.6 Å². The highest BCUT2D eigenvalue weighted by atomic mass is 16.5. The molecule has 1 saturated heterocycles. The van der Waals surface area contributed by atoms with E-state index in [9.17, 15) is 0 Å². The third-order valence-corrected chi connectivity index (χ3v) is 3.38. The Balaban J connectivity index is 2.67. The molecule has 1 nitrogen and oxygen atoms in total. The van der Waals surface area contributed by atoms with Crippen LogP contribution < -0.4 is 0 Å². The van der Waals surface area contributed by atoms with Crippen molar-refractivity contribution in [2.45, 2.75) is 41.0 Å². The monoisotopic (exact) mass is 184 g/mol. The van der Waals surface area contributed by atoms with Crippen LogP contribution in [0.15, 0.2) is 0 Å². The molecule has 13 heavy (non-hydrogen) atoms. The zero-order valence-corrected chi connectivity index (χ0v) is 9.76. The molecule has 0 spiro atoms. The van der Waals surface area contributed by atoms with Crippen LogP contribution in [0.3, 0.4) is 0 Å². The lowest BCUT2D eigenvalue weighted by Crippen LogP contribution is -2.39. The zero-order valence-electron chi connectivity index (χ0n) is 9.76. The second-order valence-electron chi connectivity index (χ2n) is 5.74. The van der Waals surface area contributed by atoms with Crippen molar-refractivity contribution in [2.24, 2.45) is 23.2 Å². The molecule has 1 fully saturated rings.